The second-order valence-corrected chi connectivity index (χ2v) is 9.72. The van der Waals surface area contributed by atoms with Crippen LogP contribution in [0.15, 0.2) is 66.7 Å². The lowest BCUT2D eigenvalue weighted by atomic mass is 9.81. The first-order chi connectivity index (χ1) is 18.0. The van der Waals surface area contributed by atoms with Crippen molar-refractivity contribution in [3.8, 4) is 11.5 Å². The first-order valence-corrected chi connectivity index (χ1v) is 12.8. The zero-order chi connectivity index (χ0) is 25.8. The summed E-state index contributed by atoms with van der Waals surface area (Å²) in [5.74, 6) is 1.16. The molecule has 1 N–H and O–H groups in total. The molecule has 0 radical (unpaired) electrons. The number of piperidine rings is 1. The van der Waals surface area contributed by atoms with E-state index in [1.165, 1.54) is 6.07 Å². The molecule has 1 unspecified atom stereocenters. The molecule has 5 rings (SSSR count). The molecule has 2 heterocycles. The Kier molecular flexibility index (Phi) is 7.65. The second kappa shape index (κ2) is 11.1. The van der Waals surface area contributed by atoms with Crippen LogP contribution in [0.5, 0.6) is 11.5 Å². The van der Waals surface area contributed by atoms with E-state index in [9.17, 15) is 5.11 Å². The van der Waals surface area contributed by atoms with Crippen molar-refractivity contribution in [2.24, 2.45) is 5.92 Å². The van der Waals surface area contributed by atoms with E-state index in [1.807, 2.05) is 48.5 Å². The van der Waals surface area contributed by atoms with E-state index >= 15 is 4.39 Å². The molecule has 7 heteroatoms. The fourth-order valence-electron chi connectivity index (χ4n) is 5.45. The van der Waals surface area contributed by atoms with E-state index in [0.717, 1.165) is 31.5 Å². The molecule has 3 aromatic carbocycles. The van der Waals surface area contributed by atoms with E-state index in [2.05, 4.69) is 4.90 Å². The molecular weight excluding hydrogens is 473 g/mol. The van der Waals surface area contributed by atoms with Crippen LogP contribution in [0.2, 0.25) is 0 Å². The predicted octanol–water partition coefficient (Wildman–Crippen LogP) is 5.26. The highest BCUT2D eigenvalue weighted by atomic mass is 19.1. The molecule has 2 aliphatic rings. The van der Waals surface area contributed by atoms with E-state index < -0.39 is 5.60 Å². The zero-order valence-corrected chi connectivity index (χ0v) is 21.4. The minimum absolute atomic E-state index is 0.235. The molecule has 0 saturated carbocycles. The lowest BCUT2D eigenvalue weighted by Crippen LogP contribution is -2.39. The van der Waals surface area contributed by atoms with Crippen LogP contribution in [0.1, 0.15) is 36.0 Å². The third-order valence-corrected chi connectivity index (χ3v) is 7.52. The number of hydrogen-bond acceptors (Lipinski definition) is 6. The van der Waals surface area contributed by atoms with Crippen LogP contribution in [-0.2, 0) is 21.7 Å². The highest BCUT2D eigenvalue weighted by molar-refractivity contribution is 5.54. The van der Waals surface area contributed by atoms with Crippen molar-refractivity contribution in [3.05, 3.63) is 89.2 Å². The van der Waals surface area contributed by atoms with Crippen molar-refractivity contribution in [1.29, 1.82) is 0 Å². The van der Waals surface area contributed by atoms with E-state index in [4.69, 9.17) is 18.9 Å². The number of rotatable bonds is 8. The van der Waals surface area contributed by atoms with Crippen LogP contribution >= 0.6 is 0 Å². The number of hydrogen-bond donors (Lipinski definition) is 1. The number of benzene rings is 3. The summed E-state index contributed by atoms with van der Waals surface area (Å²) >= 11 is 0. The number of halogens is 1. The van der Waals surface area contributed by atoms with Crippen molar-refractivity contribution in [1.82, 2.24) is 0 Å². The number of fused-ring (bicyclic) bond motifs is 1. The van der Waals surface area contributed by atoms with Crippen LogP contribution in [0, 0.1) is 11.7 Å². The smallest absolute Gasteiger partial charge is 0.159 e. The Labute approximate surface area is 217 Å². The minimum Gasteiger partial charge on any atom is -0.493 e. The van der Waals surface area contributed by atoms with Crippen molar-refractivity contribution in [3.63, 3.8) is 0 Å². The van der Waals surface area contributed by atoms with Gasteiger partial charge in [0.2, 0.25) is 0 Å². The maximum absolute atomic E-state index is 15.4. The fraction of sp³-hybridized carbons (Fsp3) is 0.400. The molecule has 1 atom stereocenters. The van der Waals surface area contributed by atoms with Gasteiger partial charge in [-0.1, -0.05) is 36.4 Å². The average molecular weight is 508 g/mol. The predicted molar refractivity (Wildman–Crippen MR) is 139 cm³/mol. The maximum atomic E-state index is 15.4. The molecule has 1 saturated heterocycles. The average Bonchev–Trinajstić information content (AvgIpc) is 2.93. The zero-order valence-electron chi connectivity index (χ0n) is 21.4. The first-order valence-electron chi connectivity index (χ1n) is 12.8. The number of ether oxygens (including phenoxy) is 4. The SMILES string of the molecule is COC(OC)C1CCN(c2ccc(C3(O)CCOc4cc(OCc5ccccc5)ccc43)cc2F)CC1. The van der Waals surface area contributed by atoms with Crippen LogP contribution in [0.4, 0.5) is 10.1 Å². The molecule has 6 nitrogen and oxygen atoms in total. The molecule has 196 valence electrons. The van der Waals surface area contributed by atoms with Gasteiger partial charge in [0.1, 0.15) is 29.5 Å². The van der Waals surface area contributed by atoms with Gasteiger partial charge in [-0.15, -0.1) is 0 Å². The molecule has 0 amide bonds. The van der Waals surface area contributed by atoms with Gasteiger partial charge >= 0.3 is 0 Å². The molecule has 37 heavy (non-hydrogen) atoms. The molecule has 3 aromatic rings. The third kappa shape index (κ3) is 5.30. The van der Waals surface area contributed by atoms with Gasteiger partial charge in [0.05, 0.1) is 12.3 Å². The summed E-state index contributed by atoms with van der Waals surface area (Å²) in [5.41, 5.74) is 1.40. The maximum Gasteiger partial charge on any atom is 0.159 e. The van der Waals surface area contributed by atoms with Gasteiger partial charge in [0, 0.05) is 51.3 Å². The summed E-state index contributed by atoms with van der Waals surface area (Å²) in [6.45, 7) is 2.20. The Hall–Kier alpha value is -3.13. The minimum atomic E-state index is -1.35. The van der Waals surface area contributed by atoms with Crippen molar-refractivity contribution in [2.75, 3.05) is 38.8 Å². The van der Waals surface area contributed by atoms with Gasteiger partial charge in [-0.05, 0) is 48.2 Å². The van der Waals surface area contributed by atoms with Crippen LogP contribution in [0.25, 0.3) is 0 Å². The Balaban J connectivity index is 1.31. The van der Waals surface area contributed by atoms with Crippen LogP contribution in [-0.4, -0.2) is 45.3 Å². The molecule has 0 bridgehead atoms. The molecule has 1 fully saturated rings. The standard InChI is InChI=1S/C30H34FNO5/c1-34-29(35-2)22-12-15-32(16-13-22)27-11-8-23(18-26(27)31)30(33)14-17-36-28-19-24(9-10-25(28)30)37-20-21-6-4-3-5-7-21/h3-11,18-19,22,29,33H,12-17,20H2,1-2H3. The summed E-state index contributed by atoms with van der Waals surface area (Å²) in [4.78, 5) is 2.05. The molecule has 0 aromatic heterocycles. The summed E-state index contributed by atoms with van der Waals surface area (Å²) in [7, 11) is 3.30. The topological polar surface area (TPSA) is 60.4 Å². The quantitative estimate of drug-likeness (QED) is 0.420. The number of anilines is 1. The Morgan fingerprint density at radius 2 is 1.78 bits per heavy atom. The largest absolute Gasteiger partial charge is 0.493 e. The second-order valence-electron chi connectivity index (χ2n) is 9.72. The third-order valence-electron chi connectivity index (χ3n) is 7.52. The van der Waals surface area contributed by atoms with Crippen molar-refractivity contribution in [2.45, 2.75) is 37.8 Å². The lowest BCUT2D eigenvalue weighted by molar-refractivity contribution is -0.141. The summed E-state index contributed by atoms with van der Waals surface area (Å²) in [6.07, 6.45) is 1.82. The van der Waals surface area contributed by atoms with Crippen LogP contribution in [0.3, 0.4) is 0 Å². The lowest BCUT2D eigenvalue weighted by Gasteiger charge is -2.37. The molecule has 2 aliphatic heterocycles. The van der Waals surface area contributed by atoms with Gasteiger partial charge in [0.15, 0.2) is 6.29 Å². The highest BCUT2D eigenvalue weighted by Gasteiger charge is 2.38. The first kappa shape index (κ1) is 25.5. The van der Waals surface area contributed by atoms with Gasteiger partial charge in [-0.25, -0.2) is 4.39 Å². The van der Waals surface area contributed by atoms with E-state index in [1.54, 1.807) is 26.4 Å². The Morgan fingerprint density at radius 1 is 1.03 bits per heavy atom. The summed E-state index contributed by atoms with van der Waals surface area (Å²) in [5, 5.41) is 11.7. The fourth-order valence-corrected chi connectivity index (χ4v) is 5.45. The number of nitrogens with zero attached hydrogens (tertiary/aromatic N) is 1. The van der Waals surface area contributed by atoms with Gasteiger partial charge < -0.3 is 29.0 Å². The molecular formula is C30H34FNO5. The van der Waals surface area contributed by atoms with Crippen molar-refractivity contribution < 1.29 is 28.4 Å². The summed E-state index contributed by atoms with van der Waals surface area (Å²) < 4.78 is 38.0. The van der Waals surface area contributed by atoms with Gasteiger partial charge in [-0.2, -0.15) is 0 Å². The monoisotopic (exact) mass is 507 g/mol. The van der Waals surface area contributed by atoms with E-state index in [-0.39, 0.29) is 18.0 Å². The molecule has 0 aliphatic carbocycles. The Bertz CT molecular complexity index is 1190. The normalized spacial score (nSPS) is 20.0. The van der Waals surface area contributed by atoms with E-state index in [0.29, 0.717) is 47.9 Å². The highest BCUT2D eigenvalue weighted by Crippen LogP contribution is 2.44. The van der Waals surface area contributed by atoms with Crippen molar-refractivity contribution >= 4 is 5.69 Å². The number of aliphatic hydroxyl groups is 1. The van der Waals surface area contributed by atoms with Crippen LogP contribution < -0.4 is 14.4 Å². The Morgan fingerprint density at radius 3 is 2.49 bits per heavy atom. The van der Waals surface area contributed by atoms with Gasteiger partial charge in [0.25, 0.3) is 0 Å². The summed E-state index contributed by atoms with van der Waals surface area (Å²) in [6, 6.07) is 20.4. The number of methoxy groups -OCH3 is 2. The molecule has 0 spiro atoms. The van der Waals surface area contributed by atoms with Gasteiger partial charge in [-0.3, -0.25) is 0 Å².